The third-order valence-corrected chi connectivity index (χ3v) is 4.99. The van der Waals surface area contributed by atoms with Gasteiger partial charge in [0.05, 0.1) is 4.90 Å². The molecule has 2 N–H and O–H groups in total. The van der Waals surface area contributed by atoms with Gasteiger partial charge in [0.25, 0.3) is 0 Å². The number of sulfonamides is 1. The molecule has 0 saturated heterocycles. The lowest BCUT2D eigenvalue weighted by atomic mass is 10.2. The van der Waals surface area contributed by atoms with Crippen molar-refractivity contribution in [1.29, 1.82) is 0 Å². The highest BCUT2D eigenvalue weighted by Crippen LogP contribution is 2.21. The number of nitrogens with one attached hydrogen (secondary N) is 2. The Labute approximate surface area is 127 Å². The van der Waals surface area contributed by atoms with Crippen molar-refractivity contribution in [2.24, 2.45) is 0 Å². The molecule has 0 saturated carbocycles. The van der Waals surface area contributed by atoms with Crippen molar-refractivity contribution in [2.75, 3.05) is 7.05 Å². The van der Waals surface area contributed by atoms with Crippen LogP contribution in [0.25, 0.3) is 0 Å². The first-order valence-electron chi connectivity index (χ1n) is 6.86. The van der Waals surface area contributed by atoms with E-state index in [4.69, 9.17) is 11.6 Å². The summed E-state index contributed by atoms with van der Waals surface area (Å²) < 4.78 is 27.2. The molecule has 0 radical (unpaired) electrons. The summed E-state index contributed by atoms with van der Waals surface area (Å²) in [5.74, 6) is 0. The van der Waals surface area contributed by atoms with Crippen molar-refractivity contribution in [1.82, 2.24) is 10.0 Å². The van der Waals surface area contributed by atoms with E-state index in [2.05, 4.69) is 17.0 Å². The van der Waals surface area contributed by atoms with Gasteiger partial charge in [-0.25, -0.2) is 13.1 Å². The Morgan fingerprint density at radius 3 is 2.60 bits per heavy atom. The standard InChI is InChI=1S/C14H23ClN2O2S/c1-4-5-6-11(2)17-20(18,19)13-8-7-12(10-16-3)14(15)9-13/h7-9,11,16-17H,4-6,10H2,1-3H3. The van der Waals surface area contributed by atoms with E-state index in [1.807, 2.05) is 14.0 Å². The number of hydrogen-bond donors (Lipinski definition) is 2. The van der Waals surface area contributed by atoms with E-state index in [1.54, 1.807) is 12.1 Å². The van der Waals surface area contributed by atoms with E-state index in [9.17, 15) is 8.42 Å². The average Bonchev–Trinajstić information content (AvgIpc) is 2.38. The largest absolute Gasteiger partial charge is 0.316 e. The van der Waals surface area contributed by atoms with Crippen molar-refractivity contribution >= 4 is 21.6 Å². The van der Waals surface area contributed by atoms with Crippen LogP contribution in [0.2, 0.25) is 5.02 Å². The lowest BCUT2D eigenvalue weighted by Gasteiger charge is -2.14. The molecule has 0 aliphatic carbocycles. The first-order chi connectivity index (χ1) is 9.40. The van der Waals surface area contributed by atoms with Crippen LogP contribution in [0.5, 0.6) is 0 Å². The number of hydrogen-bond acceptors (Lipinski definition) is 3. The second kappa shape index (κ2) is 7.98. The summed E-state index contributed by atoms with van der Waals surface area (Å²) in [6.07, 6.45) is 2.89. The monoisotopic (exact) mass is 318 g/mol. The van der Waals surface area contributed by atoms with Gasteiger partial charge in [-0.1, -0.05) is 37.4 Å². The maximum absolute atomic E-state index is 12.2. The molecule has 0 heterocycles. The second-order valence-corrected chi connectivity index (χ2v) is 7.07. The van der Waals surface area contributed by atoms with E-state index < -0.39 is 10.0 Å². The number of unbranched alkanes of at least 4 members (excludes halogenated alkanes) is 1. The summed E-state index contributed by atoms with van der Waals surface area (Å²) in [5, 5.41) is 3.45. The van der Waals surface area contributed by atoms with Crippen molar-refractivity contribution in [3.8, 4) is 0 Å². The molecule has 114 valence electrons. The van der Waals surface area contributed by atoms with E-state index in [1.165, 1.54) is 6.07 Å². The highest BCUT2D eigenvalue weighted by molar-refractivity contribution is 7.89. The molecule has 0 bridgehead atoms. The minimum Gasteiger partial charge on any atom is -0.316 e. The van der Waals surface area contributed by atoms with Crippen molar-refractivity contribution in [3.05, 3.63) is 28.8 Å². The second-order valence-electron chi connectivity index (χ2n) is 4.95. The first kappa shape index (κ1) is 17.4. The van der Waals surface area contributed by atoms with Gasteiger partial charge in [0.2, 0.25) is 10.0 Å². The zero-order valence-electron chi connectivity index (χ0n) is 12.2. The molecule has 0 fully saturated rings. The van der Waals surface area contributed by atoms with Gasteiger partial charge in [0.1, 0.15) is 0 Å². The number of halogens is 1. The van der Waals surface area contributed by atoms with Crippen LogP contribution in [-0.2, 0) is 16.6 Å². The maximum atomic E-state index is 12.2. The molecule has 1 rings (SSSR count). The topological polar surface area (TPSA) is 58.2 Å². The highest BCUT2D eigenvalue weighted by atomic mass is 35.5. The summed E-state index contributed by atoms with van der Waals surface area (Å²) in [5.41, 5.74) is 0.882. The lowest BCUT2D eigenvalue weighted by Crippen LogP contribution is -2.32. The van der Waals surface area contributed by atoms with Crippen LogP contribution in [-0.4, -0.2) is 21.5 Å². The van der Waals surface area contributed by atoms with Gasteiger partial charge in [0, 0.05) is 17.6 Å². The van der Waals surface area contributed by atoms with Gasteiger partial charge in [-0.15, -0.1) is 0 Å². The third kappa shape index (κ3) is 5.05. The Balaban J connectivity index is 2.84. The van der Waals surface area contributed by atoms with Crippen LogP contribution >= 0.6 is 11.6 Å². The molecule has 0 spiro atoms. The molecule has 0 aromatic heterocycles. The molecule has 4 nitrogen and oxygen atoms in total. The van der Waals surface area contributed by atoms with Crippen molar-refractivity contribution in [2.45, 2.75) is 50.6 Å². The Hall–Kier alpha value is -0.620. The number of rotatable bonds is 8. The molecular weight excluding hydrogens is 296 g/mol. The molecule has 0 amide bonds. The Morgan fingerprint density at radius 1 is 1.35 bits per heavy atom. The molecule has 1 aromatic rings. The van der Waals surface area contributed by atoms with Gasteiger partial charge >= 0.3 is 0 Å². The quantitative estimate of drug-likeness (QED) is 0.775. The van der Waals surface area contributed by atoms with Crippen LogP contribution in [0, 0.1) is 0 Å². The Bertz CT molecular complexity index is 532. The van der Waals surface area contributed by atoms with E-state index in [0.29, 0.717) is 11.6 Å². The fraction of sp³-hybridized carbons (Fsp3) is 0.571. The molecule has 1 atom stereocenters. The Morgan fingerprint density at radius 2 is 2.05 bits per heavy atom. The normalized spacial score (nSPS) is 13.4. The van der Waals surface area contributed by atoms with Crippen molar-refractivity contribution in [3.63, 3.8) is 0 Å². The summed E-state index contributed by atoms with van der Waals surface area (Å²) in [6.45, 7) is 4.57. The SMILES string of the molecule is CCCCC(C)NS(=O)(=O)c1ccc(CNC)c(Cl)c1. The van der Waals surface area contributed by atoms with E-state index in [-0.39, 0.29) is 10.9 Å². The predicted molar refractivity (Wildman–Crippen MR) is 83.5 cm³/mol. The van der Waals surface area contributed by atoms with E-state index in [0.717, 1.165) is 24.8 Å². The van der Waals surface area contributed by atoms with Crippen molar-refractivity contribution < 1.29 is 8.42 Å². The van der Waals surface area contributed by atoms with Gasteiger partial charge in [-0.05, 0) is 38.1 Å². The summed E-state index contributed by atoms with van der Waals surface area (Å²) in [7, 11) is -1.68. The maximum Gasteiger partial charge on any atom is 0.240 e. The van der Waals surface area contributed by atoms with Crippen LogP contribution in [0.4, 0.5) is 0 Å². The molecule has 1 unspecified atom stereocenters. The van der Waals surface area contributed by atoms with Gasteiger partial charge in [-0.3, -0.25) is 0 Å². The molecule has 0 aliphatic rings. The smallest absolute Gasteiger partial charge is 0.240 e. The zero-order chi connectivity index (χ0) is 15.2. The summed E-state index contributed by atoms with van der Waals surface area (Å²) in [6, 6.07) is 4.76. The van der Waals surface area contributed by atoms with Crippen LogP contribution < -0.4 is 10.0 Å². The first-order valence-corrected chi connectivity index (χ1v) is 8.72. The fourth-order valence-corrected chi connectivity index (χ4v) is 3.55. The molecule has 6 heteroatoms. The van der Waals surface area contributed by atoms with Crippen LogP contribution in [0.1, 0.15) is 38.7 Å². The van der Waals surface area contributed by atoms with E-state index >= 15 is 0 Å². The fourth-order valence-electron chi connectivity index (χ4n) is 1.93. The van der Waals surface area contributed by atoms with Gasteiger partial charge < -0.3 is 5.32 Å². The minimum atomic E-state index is -3.50. The Kier molecular flexibility index (Phi) is 6.95. The number of benzene rings is 1. The highest BCUT2D eigenvalue weighted by Gasteiger charge is 2.18. The molecule has 1 aromatic carbocycles. The lowest BCUT2D eigenvalue weighted by molar-refractivity contribution is 0.534. The van der Waals surface area contributed by atoms with Gasteiger partial charge in [-0.2, -0.15) is 0 Å². The predicted octanol–water partition coefficient (Wildman–Crippen LogP) is 2.92. The average molecular weight is 319 g/mol. The van der Waals surface area contributed by atoms with Gasteiger partial charge in [0.15, 0.2) is 0 Å². The van der Waals surface area contributed by atoms with Crippen LogP contribution in [0.3, 0.4) is 0 Å². The van der Waals surface area contributed by atoms with Crippen LogP contribution in [0.15, 0.2) is 23.1 Å². The molecular formula is C14H23ClN2O2S. The zero-order valence-corrected chi connectivity index (χ0v) is 13.8. The molecule has 0 aliphatic heterocycles. The molecule has 20 heavy (non-hydrogen) atoms. The summed E-state index contributed by atoms with van der Waals surface area (Å²) in [4.78, 5) is 0.214. The summed E-state index contributed by atoms with van der Waals surface area (Å²) >= 11 is 6.10. The third-order valence-electron chi connectivity index (χ3n) is 3.05. The minimum absolute atomic E-state index is 0.0734.